The van der Waals surface area contributed by atoms with Crippen molar-refractivity contribution in [3.05, 3.63) is 27.8 Å². The van der Waals surface area contributed by atoms with Gasteiger partial charge in [-0.2, -0.15) is 0 Å². The highest BCUT2D eigenvalue weighted by Crippen LogP contribution is 2.13. The second-order valence-corrected chi connectivity index (χ2v) is 2.34. The highest BCUT2D eigenvalue weighted by atomic mass is 16.5. The van der Waals surface area contributed by atoms with Crippen molar-refractivity contribution in [2.45, 2.75) is 27.7 Å². The van der Waals surface area contributed by atoms with Crippen LogP contribution in [0.2, 0.25) is 0 Å². The summed E-state index contributed by atoms with van der Waals surface area (Å²) in [6.07, 6.45) is 0. The molecule has 0 aliphatic rings. The molecule has 0 saturated heterocycles. The average Bonchev–Trinajstić information content (AvgIpc) is 2.14. The predicted octanol–water partition coefficient (Wildman–Crippen LogP) is 2.29. The Morgan fingerprint density at radius 3 is 2.31 bits per heavy atom. The lowest BCUT2D eigenvalue weighted by Gasteiger charge is -2.01. The molecule has 0 amide bonds. The molecule has 0 radical (unpaired) electrons. The van der Waals surface area contributed by atoms with Gasteiger partial charge < -0.3 is 9.15 Å². The van der Waals surface area contributed by atoms with Crippen LogP contribution in [0, 0.1) is 13.8 Å². The van der Waals surface area contributed by atoms with Crippen LogP contribution in [0.4, 0.5) is 0 Å². The number of methoxy groups -OCH3 is 1. The topological polar surface area (TPSA) is 39.4 Å². The van der Waals surface area contributed by atoms with Gasteiger partial charge in [-0.3, -0.25) is 0 Å². The van der Waals surface area contributed by atoms with Crippen LogP contribution in [0.25, 0.3) is 0 Å². The lowest BCUT2D eigenvalue weighted by atomic mass is 10.3. The molecule has 0 N–H and O–H groups in total. The third kappa shape index (κ3) is 2.93. The Kier molecular flexibility index (Phi) is 4.89. The molecular formula is C10H16O3. The number of hydrogen-bond acceptors (Lipinski definition) is 3. The summed E-state index contributed by atoms with van der Waals surface area (Å²) < 4.78 is 9.76. The van der Waals surface area contributed by atoms with Crippen molar-refractivity contribution >= 4 is 0 Å². The zero-order valence-electron chi connectivity index (χ0n) is 8.80. The first kappa shape index (κ1) is 11.8. The Morgan fingerprint density at radius 2 is 1.85 bits per heavy atom. The normalized spacial score (nSPS) is 8.69. The van der Waals surface area contributed by atoms with Gasteiger partial charge in [-0.05, 0) is 13.8 Å². The fraction of sp³-hybridized carbons (Fsp3) is 0.500. The summed E-state index contributed by atoms with van der Waals surface area (Å²) in [5, 5.41) is 0. The van der Waals surface area contributed by atoms with Gasteiger partial charge >= 0.3 is 5.63 Å². The maximum absolute atomic E-state index is 11.0. The van der Waals surface area contributed by atoms with E-state index in [0.29, 0.717) is 17.1 Å². The van der Waals surface area contributed by atoms with Crippen molar-refractivity contribution in [3.8, 4) is 5.75 Å². The molecule has 1 aromatic rings. The maximum Gasteiger partial charge on any atom is 0.342 e. The third-order valence-corrected chi connectivity index (χ3v) is 1.48. The van der Waals surface area contributed by atoms with E-state index in [9.17, 15) is 4.79 Å². The molecule has 0 aromatic carbocycles. The Bertz CT molecular complexity index is 312. The maximum atomic E-state index is 11.0. The fourth-order valence-corrected chi connectivity index (χ4v) is 0.858. The molecule has 0 unspecified atom stereocenters. The number of ether oxygens (including phenoxy) is 1. The van der Waals surface area contributed by atoms with E-state index in [0.717, 1.165) is 0 Å². The summed E-state index contributed by atoms with van der Waals surface area (Å²) in [4.78, 5) is 11.0. The van der Waals surface area contributed by atoms with E-state index in [1.54, 1.807) is 19.9 Å². The molecule has 3 nitrogen and oxygen atoms in total. The molecule has 74 valence electrons. The van der Waals surface area contributed by atoms with Gasteiger partial charge in [-0.1, -0.05) is 13.8 Å². The number of rotatable bonds is 1. The summed E-state index contributed by atoms with van der Waals surface area (Å²) >= 11 is 0. The van der Waals surface area contributed by atoms with E-state index in [1.807, 2.05) is 13.8 Å². The molecular weight excluding hydrogens is 168 g/mol. The lowest BCUT2D eigenvalue weighted by molar-refractivity contribution is 0.391. The van der Waals surface area contributed by atoms with Gasteiger partial charge in [0.05, 0.1) is 12.7 Å². The number of hydrogen-bond donors (Lipinski definition) is 0. The Labute approximate surface area is 78.3 Å². The van der Waals surface area contributed by atoms with Gasteiger partial charge in [-0.25, -0.2) is 4.79 Å². The molecule has 0 aliphatic heterocycles. The van der Waals surface area contributed by atoms with Crippen LogP contribution >= 0.6 is 0 Å². The monoisotopic (exact) mass is 184 g/mol. The fourth-order valence-electron chi connectivity index (χ4n) is 0.858. The van der Waals surface area contributed by atoms with E-state index in [1.165, 1.54) is 7.11 Å². The quantitative estimate of drug-likeness (QED) is 0.672. The summed E-state index contributed by atoms with van der Waals surface area (Å²) in [5.41, 5.74) is 0.181. The van der Waals surface area contributed by atoms with Crippen molar-refractivity contribution in [2.75, 3.05) is 7.11 Å². The van der Waals surface area contributed by atoms with Gasteiger partial charge in [0.15, 0.2) is 0 Å². The molecule has 1 aromatic heterocycles. The molecule has 0 spiro atoms. The minimum atomic E-state index is -0.332. The van der Waals surface area contributed by atoms with Crippen LogP contribution in [-0.4, -0.2) is 7.11 Å². The lowest BCUT2D eigenvalue weighted by Crippen LogP contribution is -2.05. The molecule has 0 fully saturated rings. The van der Waals surface area contributed by atoms with E-state index in [2.05, 4.69) is 0 Å². The summed E-state index contributed by atoms with van der Waals surface area (Å²) in [6.45, 7) is 7.38. The van der Waals surface area contributed by atoms with Crippen LogP contribution in [-0.2, 0) is 0 Å². The summed E-state index contributed by atoms with van der Waals surface area (Å²) in [7, 11) is 1.53. The highest BCUT2D eigenvalue weighted by molar-refractivity contribution is 5.29. The summed E-state index contributed by atoms with van der Waals surface area (Å²) in [5.74, 6) is 1.15. The van der Waals surface area contributed by atoms with Gasteiger partial charge in [0.2, 0.25) is 0 Å². The van der Waals surface area contributed by atoms with Crippen LogP contribution in [0.1, 0.15) is 25.2 Å². The standard InChI is InChI=1S/C8H10O3.C2H6/c1-5-4-7(10-3)6(2)8(9)11-5;1-2/h4H,1-3H3;1-2H3. The Balaban J connectivity index is 0.000000671. The van der Waals surface area contributed by atoms with Gasteiger partial charge in [0.25, 0.3) is 0 Å². The van der Waals surface area contributed by atoms with Gasteiger partial charge in [0, 0.05) is 6.07 Å². The van der Waals surface area contributed by atoms with E-state index < -0.39 is 0 Å². The van der Waals surface area contributed by atoms with Crippen LogP contribution in [0.15, 0.2) is 15.3 Å². The van der Waals surface area contributed by atoms with E-state index >= 15 is 0 Å². The SMILES string of the molecule is CC.COc1cc(C)oc(=O)c1C. The van der Waals surface area contributed by atoms with Crippen molar-refractivity contribution in [1.29, 1.82) is 0 Å². The second-order valence-electron chi connectivity index (χ2n) is 2.34. The predicted molar refractivity (Wildman–Crippen MR) is 52.4 cm³/mol. The first-order valence-corrected chi connectivity index (χ1v) is 4.30. The van der Waals surface area contributed by atoms with Crippen molar-refractivity contribution in [2.24, 2.45) is 0 Å². The van der Waals surface area contributed by atoms with Crippen LogP contribution in [0.3, 0.4) is 0 Å². The smallest absolute Gasteiger partial charge is 0.342 e. The second kappa shape index (κ2) is 5.41. The van der Waals surface area contributed by atoms with Crippen molar-refractivity contribution in [3.63, 3.8) is 0 Å². The first-order valence-electron chi connectivity index (χ1n) is 4.30. The summed E-state index contributed by atoms with van der Waals surface area (Å²) in [6, 6.07) is 1.69. The molecule has 0 saturated carbocycles. The minimum Gasteiger partial charge on any atom is -0.496 e. The molecule has 0 atom stereocenters. The van der Waals surface area contributed by atoms with Crippen molar-refractivity contribution < 1.29 is 9.15 Å². The van der Waals surface area contributed by atoms with Gasteiger partial charge in [0.1, 0.15) is 11.5 Å². The van der Waals surface area contributed by atoms with E-state index in [4.69, 9.17) is 9.15 Å². The molecule has 13 heavy (non-hydrogen) atoms. The van der Waals surface area contributed by atoms with Crippen LogP contribution in [0.5, 0.6) is 5.75 Å². The molecule has 3 heteroatoms. The molecule has 0 aliphatic carbocycles. The van der Waals surface area contributed by atoms with Crippen molar-refractivity contribution in [1.82, 2.24) is 0 Å². The minimum absolute atomic E-state index is 0.332. The van der Waals surface area contributed by atoms with E-state index in [-0.39, 0.29) is 5.63 Å². The third-order valence-electron chi connectivity index (χ3n) is 1.48. The largest absolute Gasteiger partial charge is 0.496 e. The number of aryl methyl sites for hydroxylation is 1. The Morgan fingerprint density at radius 1 is 1.31 bits per heavy atom. The molecule has 1 rings (SSSR count). The van der Waals surface area contributed by atoms with Crippen LogP contribution < -0.4 is 10.4 Å². The zero-order chi connectivity index (χ0) is 10.4. The Hall–Kier alpha value is -1.25. The average molecular weight is 184 g/mol. The first-order chi connectivity index (χ1) is 6.15. The molecule has 0 bridgehead atoms. The highest BCUT2D eigenvalue weighted by Gasteiger charge is 2.04. The molecule has 1 heterocycles. The zero-order valence-corrected chi connectivity index (χ0v) is 8.80. The van der Waals surface area contributed by atoms with Gasteiger partial charge in [-0.15, -0.1) is 0 Å².